The molecule has 6 nitrogen and oxygen atoms in total. The molecule has 1 fully saturated rings. The molecule has 1 aromatic carbocycles. The second-order valence-electron chi connectivity index (χ2n) is 6.85. The van der Waals surface area contributed by atoms with Crippen molar-refractivity contribution in [3.05, 3.63) is 47.9 Å². The molecule has 3 heterocycles. The van der Waals surface area contributed by atoms with E-state index in [0.717, 1.165) is 36.6 Å². The number of rotatable bonds is 4. The largest absolute Gasteiger partial charge is 0.480 e. The number of nitrogens with zero attached hydrogens (tertiary/aromatic N) is 3. The molecular formula is C20H24N4O2. The summed E-state index contributed by atoms with van der Waals surface area (Å²) in [5.41, 5.74) is 1.16. The molecule has 136 valence electrons. The van der Waals surface area contributed by atoms with Crippen LogP contribution in [0.3, 0.4) is 0 Å². The second kappa shape index (κ2) is 7.72. The van der Waals surface area contributed by atoms with Crippen molar-refractivity contribution < 1.29 is 9.53 Å². The molecule has 6 heteroatoms. The van der Waals surface area contributed by atoms with E-state index in [2.05, 4.69) is 20.2 Å². The number of hydrogen-bond acceptors (Lipinski definition) is 5. The van der Waals surface area contributed by atoms with Gasteiger partial charge in [-0.1, -0.05) is 18.2 Å². The molecule has 1 aromatic heterocycles. The molecule has 0 spiro atoms. The van der Waals surface area contributed by atoms with E-state index in [-0.39, 0.29) is 5.91 Å². The summed E-state index contributed by atoms with van der Waals surface area (Å²) in [6.45, 7) is 2.40. The molecule has 1 saturated heterocycles. The van der Waals surface area contributed by atoms with Crippen molar-refractivity contribution in [2.45, 2.75) is 44.8 Å². The van der Waals surface area contributed by atoms with Crippen LogP contribution < -0.4 is 15.0 Å². The van der Waals surface area contributed by atoms with Crippen LogP contribution in [0.2, 0.25) is 0 Å². The fourth-order valence-corrected chi connectivity index (χ4v) is 3.56. The molecule has 26 heavy (non-hydrogen) atoms. The number of benzene rings is 1. The lowest BCUT2D eigenvalue weighted by Gasteiger charge is -2.27. The van der Waals surface area contributed by atoms with Crippen LogP contribution in [0, 0.1) is 0 Å². The highest BCUT2D eigenvalue weighted by Gasteiger charge is 2.25. The number of carbonyl (C=O) groups excluding carboxylic acids is 1. The maximum atomic E-state index is 12.5. The van der Waals surface area contributed by atoms with E-state index in [9.17, 15) is 4.79 Å². The highest BCUT2D eigenvalue weighted by Crippen LogP contribution is 2.27. The molecule has 1 N–H and O–H groups in total. The number of ether oxygens (including phenoxy) is 1. The second-order valence-corrected chi connectivity index (χ2v) is 6.85. The van der Waals surface area contributed by atoms with Gasteiger partial charge in [-0.05, 0) is 49.8 Å². The molecule has 1 atom stereocenters. The van der Waals surface area contributed by atoms with Crippen LogP contribution in [0.15, 0.2) is 36.5 Å². The summed E-state index contributed by atoms with van der Waals surface area (Å²) in [5, 5.41) is 2.92. The van der Waals surface area contributed by atoms with Gasteiger partial charge in [0.2, 0.25) is 0 Å². The molecule has 0 aliphatic carbocycles. The molecule has 0 radical (unpaired) electrons. The molecular weight excluding hydrogens is 328 g/mol. The van der Waals surface area contributed by atoms with Crippen molar-refractivity contribution in [3.8, 4) is 5.75 Å². The Kier molecular flexibility index (Phi) is 5.00. The first-order valence-electron chi connectivity index (χ1n) is 9.39. The van der Waals surface area contributed by atoms with Crippen LogP contribution in [0.5, 0.6) is 5.75 Å². The van der Waals surface area contributed by atoms with Crippen molar-refractivity contribution in [3.63, 3.8) is 0 Å². The van der Waals surface area contributed by atoms with Gasteiger partial charge in [-0.3, -0.25) is 4.79 Å². The van der Waals surface area contributed by atoms with Gasteiger partial charge in [0.05, 0.1) is 6.54 Å². The Labute approximate surface area is 153 Å². The van der Waals surface area contributed by atoms with Gasteiger partial charge in [0, 0.05) is 19.3 Å². The predicted octanol–water partition coefficient (Wildman–Crippen LogP) is 2.48. The maximum Gasteiger partial charge on any atom is 0.261 e. The summed E-state index contributed by atoms with van der Waals surface area (Å²) < 4.78 is 5.84. The quantitative estimate of drug-likeness (QED) is 0.916. The van der Waals surface area contributed by atoms with E-state index in [1.54, 1.807) is 6.20 Å². The SMILES string of the molecule is O=C(NCc1nccc(N2CCCCC2)n1)C1CCc2ccccc2O1. The van der Waals surface area contributed by atoms with E-state index in [4.69, 9.17) is 4.74 Å². The number of aromatic nitrogens is 2. The third-order valence-electron chi connectivity index (χ3n) is 5.00. The number of nitrogens with one attached hydrogen (secondary N) is 1. The highest BCUT2D eigenvalue weighted by atomic mass is 16.5. The highest BCUT2D eigenvalue weighted by molar-refractivity contribution is 5.81. The number of aryl methyl sites for hydroxylation is 1. The third kappa shape index (κ3) is 3.79. The van der Waals surface area contributed by atoms with Crippen molar-refractivity contribution in [2.75, 3.05) is 18.0 Å². The van der Waals surface area contributed by atoms with Crippen LogP contribution in [0.1, 0.15) is 37.1 Å². The summed E-state index contributed by atoms with van der Waals surface area (Å²) in [7, 11) is 0. The molecule has 2 aliphatic heterocycles. The van der Waals surface area contributed by atoms with Gasteiger partial charge < -0.3 is 15.0 Å². The topological polar surface area (TPSA) is 67.4 Å². The lowest BCUT2D eigenvalue weighted by atomic mass is 10.0. The zero-order chi connectivity index (χ0) is 17.8. The average molecular weight is 352 g/mol. The number of piperidine rings is 1. The first kappa shape index (κ1) is 16.8. The smallest absolute Gasteiger partial charge is 0.261 e. The fourth-order valence-electron chi connectivity index (χ4n) is 3.56. The molecule has 1 unspecified atom stereocenters. The minimum absolute atomic E-state index is 0.105. The van der Waals surface area contributed by atoms with Crippen LogP contribution in [-0.2, 0) is 17.8 Å². The number of fused-ring (bicyclic) bond motifs is 1. The maximum absolute atomic E-state index is 12.5. The Morgan fingerprint density at radius 2 is 2.04 bits per heavy atom. The molecule has 4 rings (SSSR count). The Bertz CT molecular complexity index is 774. The number of carbonyl (C=O) groups is 1. The monoisotopic (exact) mass is 352 g/mol. The van der Waals surface area contributed by atoms with Crippen LogP contribution in [0.4, 0.5) is 5.82 Å². The molecule has 0 bridgehead atoms. The minimum atomic E-state index is -0.449. The number of para-hydroxylation sites is 1. The number of anilines is 1. The van der Waals surface area contributed by atoms with E-state index in [0.29, 0.717) is 18.8 Å². The van der Waals surface area contributed by atoms with Gasteiger partial charge in [-0.25, -0.2) is 9.97 Å². The zero-order valence-electron chi connectivity index (χ0n) is 14.9. The summed E-state index contributed by atoms with van der Waals surface area (Å²) in [6, 6.07) is 9.83. The fraction of sp³-hybridized carbons (Fsp3) is 0.450. The van der Waals surface area contributed by atoms with E-state index < -0.39 is 6.10 Å². The Morgan fingerprint density at radius 1 is 1.19 bits per heavy atom. The minimum Gasteiger partial charge on any atom is -0.480 e. The summed E-state index contributed by atoms with van der Waals surface area (Å²) in [5.74, 6) is 2.29. The molecule has 1 amide bonds. The van der Waals surface area contributed by atoms with E-state index in [1.165, 1.54) is 19.3 Å². The Balaban J connectivity index is 1.35. The van der Waals surface area contributed by atoms with Crippen LogP contribution in [-0.4, -0.2) is 35.1 Å². The summed E-state index contributed by atoms with van der Waals surface area (Å²) >= 11 is 0. The lowest BCUT2D eigenvalue weighted by Crippen LogP contribution is -2.40. The van der Waals surface area contributed by atoms with E-state index >= 15 is 0 Å². The van der Waals surface area contributed by atoms with Crippen molar-refractivity contribution in [1.82, 2.24) is 15.3 Å². The normalized spacial score (nSPS) is 19.4. The van der Waals surface area contributed by atoms with Gasteiger partial charge >= 0.3 is 0 Å². The zero-order valence-corrected chi connectivity index (χ0v) is 14.9. The molecule has 2 aliphatic rings. The summed E-state index contributed by atoms with van der Waals surface area (Å²) in [6.07, 6.45) is 6.57. The number of hydrogen-bond donors (Lipinski definition) is 1. The van der Waals surface area contributed by atoms with Gasteiger partial charge in [0.25, 0.3) is 5.91 Å². The van der Waals surface area contributed by atoms with Gasteiger partial charge in [-0.2, -0.15) is 0 Å². The first-order valence-corrected chi connectivity index (χ1v) is 9.39. The van der Waals surface area contributed by atoms with Gasteiger partial charge in [0.1, 0.15) is 17.4 Å². The average Bonchev–Trinajstić information content (AvgIpc) is 2.72. The Hall–Kier alpha value is -2.63. The van der Waals surface area contributed by atoms with Crippen molar-refractivity contribution in [1.29, 1.82) is 0 Å². The van der Waals surface area contributed by atoms with Gasteiger partial charge in [-0.15, -0.1) is 0 Å². The van der Waals surface area contributed by atoms with E-state index in [1.807, 2.05) is 30.3 Å². The lowest BCUT2D eigenvalue weighted by molar-refractivity contribution is -0.128. The summed E-state index contributed by atoms with van der Waals surface area (Å²) in [4.78, 5) is 23.7. The molecule has 2 aromatic rings. The standard InChI is InChI=1S/C20H24N4O2/c25-20(17-9-8-15-6-2-3-7-16(15)26-17)22-14-18-21-11-10-19(23-18)24-12-4-1-5-13-24/h2-3,6-7,10-11,17H,1,4-5,8-9,12-14H2,(H,22,25). The van der Waals surface area contributed by atoms with Crippen LogP contribution in [0.25, 0.3) is 0 Å². The Morgan fingerprint density at radius 3 is 2.92 bits per heavy atom. The first-order chi connectivity index (χ1) is 12.8. The van der Waals surface area contributed by atoms with Crippen molar-refractivity contribution in [2.24, 2.45) is 0 Å². The van der Waals surface area contributed by atoms with Gasteiger partial charge in [0.15, 0.2) is 6.10 Å². The van der Waals surface area contributed by atoms with Crippen LogP contribution >= 0.6 is 0 Å². The molecule has 0 saturated carbocycles. The third-order valence-corrected chi connectivity index (χ3v) is 5.00. The van der Waals surface area contributed by atoms with Crippen molar-refractivity contribution >= 4 is 11.7 Å². The number of amides is 1. The predicted molar refractivity (Wildman–Crippen MR) is 99.1 cm³/mol.